The van der Waals surface area contributed by atoms with Crippen LogP contribution < -0.4 is 10.6 Å². The van der Waals surface area contributed by atoms with Crippen LogP contribution in [0, 0.1) is 0 Å². The number of hydrogen-bond acceptors (Lipinski definition) is 1. The largest absolute Gasteiger partial charge is 0.377 e. The topological polar surface area (TPSA) is 30.9 Å². The highest BCUT2D eigenvalue weighted by molar-refractivity contribution is 5.51. The van der Waals surface area contributed by atoms with E-state index in [2.05, 4.69) is 22.8 Å². The molecular weight excluding hydrogens is 124 g/mol. The Hall–Kier alpha value is -1.02. The number of benzene rings is 1. The maximum atomic E-state index is 3.84. The van der Waals surface area contributed by atoms with E-state index >= 15 is 0 Å². The SMILES string of the molecule is CN(C)c1cccc([NH3+])c1. The first kappa shape index (κ1) is 7.09. The fourth-order valence-corrected chi connectivity index (χ4v) is 0.835. The van der Waals surface area contributed by atoms with Gasteiger partial charge in [0.15, 0.2) is 0 Å². The van der Waals surface area contributed by atoms with Gasteiger partial charge < -0.3 is 10.6 Å². The van der Waals surface area contributed by atoms with Crippen molar-refractivity contribution in [2.24, 2.45) is 0 Å². The molecule has 0 spiro atoms. The molecule has 0 radical (unpaired) electrons. The quantitative estimate of drug-likeness (QED) is 0.604. The first-order valence-electron chi connectivity index (χ1n) is 3.29. The zero-order valence-electron chi connectivity index (χ0n) is 6.46. The fourth-order valence-electron chi connectivity index (χ4n) is 0.835. The van der Waals surface area contributed by atoms with Crippen LogP contribution in [0.2, 0.25) is 0 Å². The normalized spacial score (nSPS) is 9.50. The Kier molecular flexibility index (Phi) is 1.92. The van der Waals surface area contributed by atoms with Gasteiger partial charge >= 0.3 is 0 Å². The molecule has 0 atom stereocenters. The van der Waals surface area contributed by atoms with Crippen LogP contribution in [0.1, 0.15) is 0 Å². The minimum atomic E-state index is 1.06. The molecule has 0 heterocycles. The van der Waals surface area contributed by atoms with Crippen LogP contribution >= 0.6 is 0 Å². The van der Waals surface area contributed by atoms with E-state index in [0.29, 0.717) is 0 Å². The summed E-state index contributed by atoms with van der Waals surface area (Å²) in [5, 5.41) is 0. The third-order valence-corrected chi connectivity index (χ3v) is 1.43. The lowest BCUT2D eigenvalue weighted by Gasteiger charge is -2.10. The average molecular weight is 137 g/mol. The van der Waals surface area contributed by atoms with Crippen molar-refractivity contribution in [1.82, 2.24) is 0 Å². The van der Waals surface area contributed by atoms with Gasteiger partial charge in [0.25, 0.3) is 0 Å². The van der Waals surface area contributed by atoms with E-state index in [0.717, 1.165) is 5.69 Å². The number of anilines is 1. The number of hydrogen-bond donors (Lipinski definition) is 1. The maximum Gasteiger partial charge on any atom is 0.130 e. The lowest BCUT2D eigenvalue weighted by atomic mass is 10.3. The molecule has 0 fully saturated rings. The molecule has 0 amide bonds. The Morgan fingerprint density at radius 1 is 1.30 bits per heavy atom. The van der Waals surface area contributed by atoms with Gasteiger partial charge in [-0.2, -0.15) is 0 Å². The Morgan fingerprint density at radius 3 is 2.40 bits per heavy atom. The Bertz CT molecular complexity index is 218. The molecule has 0 aliphatic carbocycles. The average Bonchev–Trinajstić information content (AvgIpc) is 1.88. The smallest absolute Gasteiger partial charge is 0.130 e. The third kappa shape index (κ3) is 1.48. The van der Waals surface area contributed by atoms with E-state index in [1.807, 2.05) is 26.2 Å². The summed E-state index contributed by atoms with van der Waals surface area (Å²) in [6.45, 7) is 0. The zero-order valence-corrected chi connectivity index (χ0v) is 6.46. The van der Waals surface area contributed by atoms with E-state index < -0.39 is 0 Å². The third-order valence-electron chi connectivity index (χ3n) is 1.43. The van der Waals surface area contributed by atoms with E-state index in [9.17, 15) is 0 Å². The molecular formula is C8H13N2+. The molecule has 0 unspecified atom stereocenters. The van der Waals surface area contributed by atoms with Gasteiger partial charge in [-0.25, -0.2) is 0 Å². The summed E-state index contributed by atoms with van der Waals surface area (Å²) >= 11 is 0. The van der Waals surface area contributed by atoms with Gasteiger partial charge in [-0.3, -0.25) is 0 Å². The van der Waals surface area contributed by atoms with Crippen molar-refractivity contribution < 1.29 is 5.73 Å². The van der Waals surface area contributed by atoms with Crippen molar-refractivity contribution in [3.8, 4) is 0 Å². The Balaban J connectivity index is 2.96. The first-order chi connectivity index (χ1) is 4.70. The van der Waals surface area contributed by atoms with Gasteiger partial charge in [-0.05, 0) is 12.1 Å². The van der Waals surface area contributed by atoms with Crippen LogP contribution in [0.5, 0.6) is 0 Å². The minimum absolute atomic E-state index is 1.06. The second-order valence-corrected chi connectivity index (χ2v) is 2.56. The summed E-state index contributed by atoms with van der Waals surface area (Å²) < 4.78 is 0. The summed E-state index contributed by atoms with van der Waals surface area (Å²) in [5.74, 6) is 0. The van der Waals surface area contributed by atoms with E-state index in [1.54, 1.807) is 0 Å². The molecule has 0 aliphatic heterocycles. The van der Waals surface area contributed by atoms with Crippen molar-refractivity contribution in [2.45, 2.75) is 0 Å². The van der Waals surface area contributed by atoms with Crippen molar-refractivity contribution >= 4 is 11.4 Å². The number of nitrogens with zero attached hydrogens (tertiary/aromatic N) is 1. The summed E-state index contributed by atoms with van der Waals surface area (Å²) in [7, 11) is 4.05. The highest BCUT2D eigenvalue weighted by atomic mass is 15.1. The summed E-state index contributed by atoms with van der Waals surface area (Å²) in [6, 6.07) is 8.12. The molecule has 1 rings (SSSR count). The summed E-state index contributed by atoms with van der Waals surface area (Å²) in [4.78, 5) is 2.06. The van der Waals surface area contributed by atoms with Crippen molar-refractivity contribution in [1.29, 1.82) is 0 Å². The molecule has 2 nitrogen and oxygen atoms in total. The molecule has 0 aliphatic rings. The molecule has 2 heteroatoms. The van der Waals surface area contributed by atoms with Gasteiger partial charge in [-0.1, -0.05) is 6.07 Å². The lowest BCUT2D eigenvalue weighted by molar-refractivity contribution is -0.254. The molecule has 1 aromatic carbocycles. The molecule has 10 heavy (non-hydrogen) atoms. The van der Waals surface area contributed by atoms with Crippen molar-refractivity contribution in [3.63, 3.8) is 0 Å². The second kappa shape index (κ2) is 2.71. The molecule has 0 bridgehead atoms. The van der Waals surface area contributed by atoms with Crippen LogP contribution in [0.25, 0.3) is 0 Å². The predicted octanol–water partition coefficient (Wildman–Crippen LogP) is 0.626. The van der Waals surface area contributed by atoms with E-state index in [4.69, 9.17) is 0 Å². The van der Waals surface area contributed by atoms with Crippen LogP contribution in [-0.4, -0.2) is 14.1 Å². The van der Waals surface area contributed by atoms with Crippen molar-refractivity contribution in [2.75, 3.05) is 19.0 Å². The zero-order chi connectivity index (χ0) is 7.56. The molecule has 3 N–H and O–H groups in total. The summed E-state index contributed by atoms with van der Waals surface area (Å²) in [5.41, 5.74) is 6.10. The predicted molar refractivity (Wildman–Crippen MR) is 43.3 cm³/mol. The molecule has 0 saturated carbocycles. The number of rotatable bonds is 1. The highest BCUT2D eigenvalue weighted by Gasteiger charge is 1.94. The second-order valence-electron chi connectivity index (χ2n) is 2.56. The highest BCUT2D eigenvalue weighted by Crippen LogP contribution is 2.12. The van der Waals surface area contributed by atoms with Gasteiger partial charge in [-0.15, -0.1) is 0 Å². The van der Waals surface area contributed by atoms with Crippen LogP contribution in [0.4, 0.5) is 11.4 Å². The molecule has 54 valence electrons. The standard InChI is InChI=1S/C8H12N2/c1-10(2)8-5-3-4-7(9)6-8/h3-6H,9H2,1-2H3/p+1. The van der Waals surface area contributed by atoms with Gasteiger partial charge in [0, 0.05) is 25.8 Å². The summed E-state index contributed by atoms with van der Waals surface area (Å²) in [6.07, 6.45) is 0. The minimum Gasteiger partial charge on any atom is -0.377 e. The van der Waals surface area contributed by atoms with E-state index in [1.165, 1.54) is 5.69 Å². The maximum absolute atomic E-state index is 3.84. The van der Waals surface area contributed by atoms with E-state index in [-0.39, 0.29) is 0 Å². The Morgan fingerprint density at radius 2 is 2.00 bits per heavy atom. The Labute approximate surface area is 61.3 Å². The molecule has 0 saturated heterocycles. The van der Waals surface area contributed by atoms with Gasteiger partial charge in [0.05, 0.1) is 0 Å². The first-order valence-corrected chi connectivity index (χ1v) is 3.29. The van der Waals surface area contributed by atoms with Gasteiger partial charge in [0.2, 0.25) is 0 Å². The van der Waals surface area contributed by atoms with Crippen LogP contribution in [0.3, 0.4) is 0 Å². The molecule has 1 aromatic rings. The van der Waals surface area contributed by atoms with Crippen LogP contribution in [-0.2, 0) is 0 Å². The fraction of sp³-hybridized carbons (Fsp3) is 0.250. The van der Waals surface area contributed by atoms with Crippen LogP contribution in [0.15, 0.2) is 24.3 Å². The van der Waals surface area contributed by atoms with Gasteiger partial charge in [0.1, 0.15) is 5.69 Å². The monoisotopic (exact) mass is 137 g/mol. The lowest BCUT2D eigenvalue weighted by Crippen LogP contribution is -2.40. The van der Waals surface area contributed by atoms with Crippen molar-refractivity contribution in [3.05, 3.63) is 24.3 Å². The molecule has 0 aromatic heterocycles. The number of quaternary nitrogens is 1.